The zero-order valence-electron chi connectivity index (χ0n) is 37.1. The number of aliphatic carboxylic acids is 1. The molecule has 0 unspecified atom stereocenters. The van der Waals surface area contributed by atoms with Gasteiger partial charge in [-0.15, -0.1) is 0 Å². The number of unbranched alkanes of at least 4 members (excludes halogenated alkanes) is 11. The number of aliphatic hydroxyl groups is 11. The van der Waals surface area contributed by atoms with Gasteiger partial charge in [0, 0.05) is 13.3 Å². The lowest BCUT2D eigenvalue weighted by Gasteiger charge is -2.50. The van der Waals surface area contributed by atoms with Gasteiger partial charge in [-0.3, -0.25) is 9.59 Å². The van der Waals surface area contributed by atoms with Gasteiger partial charge in [-0.05, 0) is 12.8 Å². The minimum atomic E-state index is -3.07. The first-order chi connectivity index (χ1) is 31.0. The molecule has 3 aliphatic rings. The van der Waals surface area contributed by atoms with E-state index in [4.69, 9.17) is 28.4 Å². The van der Waals surface area contributed by atoms with Crippen molar-refractivity contribution in [1.82, 2.24) is 10.6 Å². The fourth-order valence-electron chi connectivity index (χ4n) is 8.11. The largest absolute Gasteiger partial charge is 0.477 e. The molecule has 23 nitrogen and oxygen atoms in total. The number of carboxylic acids is 1. The van der Waals surface area contributed by atoms with E-state index in [1.54, 1.807) is 6.08 Å². The van der Waals surface area contributed by atoms with Crippen molar-refractivity contribution in [3.8, 4) is 0 Å². The number of carbonyl (C=O) groups is 3. The van der Waals surface area contributed by atoms with E-state index in [9.17, 15) is 75.7 Å². The molecule has 3 saturated heterocycles. The van der Waals surface area contributed by atoms with Crippen molar-refractivity contribution < 1.29 is 104 Å². The first-order valence-electron chi connectivity index (χ1n) is 22.6. The standard InChI is InChI=1S/C42H74N2O21/c1-3-4-5-6-7-8-9-10-11-12-13-14-15-16-25(50)24(43-22-48)21-60-39-34(56)33(55)36(29(20-47)62-39)63-40-35(57)38(32(54)28(19-46)61-40)65-42(41(58)59)17-26(51)30(44-23(2)49)37(64-42)31(53)27(52)18-45/h15-16,22,24-40,45-47,50-57H,3-14,17-21H2,1-2H3,(H,43,48)(H,44,49)(H,58,59)/b16-15+/t24-,25+,26-,27+,28+,29+,30+,31+,32-,33+,34+,35+,36+,37+,38-,39+,40-,42-/m0/s1. The predicted molar refractivity (Wildman–Crippen MR) is 223 cm³/mol. The van der Waals surface area contributed by atoms with Crippen molar-refractivity contribution in [1.29, 1.82) is 0 Å². The first kappa shape index (κ1) is 56.8. The van der Waals surface area contributed by atoms with Gasteiger partial charge in [-0.1, -0.05) is 83.3 Å². The molecule has 3 fully saturated rings. The molecule has 14 N–H and O–H groups in total. The van der Waals surface area contributed by atoms with Gasteiger partial charge in [-0.25, -0.2) is 4.79 Å². The number of aliphatic hydroxyl groups excluding tert-OH is 11. The molecule has 0 radical (unpaired) electrons. The lowest BCUT2D eigenvalue weighted by atomic mass is 9.88. The Morgan fingerprint density at radius 3 is 1.95 bits per heavy atom. The quantitative estimate of drug-likeness (QED) is 0.0189. The first-order valence-corrected chi connectivity index (χ1v) is 22.6. The maximum atomic E-state index is 12.8. The molecular weight excluding hydrogens is 868 g/mol. The summed E-state index contributed by atoms with van der Waals surface area (Å²) in [4.78, 5) is 36.1. The van der Waals surface area contributed by atoms with Gasteiger partial charge in [0.05, 0.1) is 50.7 Å². The summed E-state index contributed by atoms with van der Waals surface area (Å²) in [7, 11) is 0. The van der Waals surface area contributed by atoms with Crippen molar-refractivity contribution in [2.45, 2.75) is 207 Å². The predicted octanol–water partition coefficient (Wildman–Crippen LogP) is -3.47. The second-order valence-electron chi connectivity index (χ2n) is 16.9. The maximum absolute atomic E-state index is 12.8. The molecule has 3 heterocycles. The summed E-state index contributed by atoms with van der Waals surface area (Å²) in [5.74, 6) is -5.82. The molecule has 0 aromatic heterocycles. The third-order valence-electron chi connectivity index (χ3n) is 11.9. The molecule has 18 atom stereocenters. The second-order valence-corrected chi connectivity index (χ2v) is 16.9. The minimum Gasteiger partial charge on any atom is -0.477 e. The Hall–Kier alpha value is -2.53. The van der Waals surface area contributed by atoms with E-state index >= 15 is 0 Å². The Bertz CT molecular complexity index is 1420. The van der Waals surface area contributed by atoms with Crippen LogP contribution >= 0.6 is 0 Å². The highest BCUT2D eigenvalue weighted by Crippen LogP contribution is 2.38. The number of nitrogens with one attached hydrogen (secondary N) is 2. The third kappa shape index (κ3) is 16.3. The van der Waals surface area contributed by atoms with Gasteiger partial charge in [0.2, 0.25) is 12.3 Å². The van der Waals surface area contributed by atoms with Gasteiger partial charge >= 0.3 is 5.97 Å². The summed E-state index contributed by atoms with van der Waals surface area (Å²) in [6.07, 6.45) is -12.0. The fraction of sp³-hybridized carbons (Fsp3) is 0.881. The highest BCUT2D eigenvalue weighted by molar-refractivity contribution is 5.76. The normalized spacial score (nSPS) is 35.0. The van der Waals surface area contributed by atoms with Crippen molar-refractivity contribution in [3.05, 3.63) is 12.2 Å². The van der Waals surface area contributed by atoms with Crippen LogP contribution in [-0.2, 0) is 42.8 Å². The van der Waals surface area contributed by atoms with Gasteiger partial charge in [-0.2, -0.15) is 0 Å². The van der Waals surface area contributed by atoms with Crippen LogP contribution in [0.15, 0.2) is 12.2 Å². The monoisotopic (exact) mass is 942 g/mol. The van der Waals surface area contributed by atoms with Crippen LogP contribution in [0, 0.1) is 0 Å². The lowest BCUT2D eigenvalue weighted by molar-refractivity contribution is -0.386. The number of carboxylic acid groups (broad SMARTS) is 1. The molecule has 65 heavy (non-hydrogen) atoms. The molecule has 3 rings (SSSR count). The van der Waals surface area contributed by atoms with Crippen LogP contribution in [0.3, 0.4) is 0 Å². The summed E-state index contributed by atoms with van der Waals surface area (Å²) >= 11 is 0. The summed E-state index contributed by atoms with van der Waals surface area (Å²) in [5.41, 5.74) is 0. The number of allylic oxidation sites excluding steroid dienone is 1. The van der Waals surface area contributed by atoms with Gasteiger partial charge in [0.15, 0.2) is 12.6 Å². The SMILES string of the molecule is CCCCCCCCCCCCC/C=C/[C@@H](O)[C@H](CO[C@@H]1O[C@H](CO)[C@@H](O[C@@H]2O[C@H](CO)[C@H](O)[C@H](O[C@]3(C(=O)O)C[C@H](O)[C@@H](NC(C)=O)[C@H]([C@H](O)[C@H](O)CO)O3)[C@H]2O)[C@H](O)[C@H]1O)NC=O. The molecule has 0 bridgehead atoms. The van der Waals surface area contributed by atoms with Crippen LogP contribution in [0.25, 0.3) is 0 Å². The minimum absolute atomic E-state index is 0.345. The summed E-state index contributed by atoms with van der Waals surface area (Å²) < 4.78 is 33.8. The van der Waals surface area contributed by atoms with E-state index in [0.717, 1.165) is 26.2 Å². The summed E-state index contributed by atoms with van der Waals surface area (Å²) in [6, 6.07) is -2.60. The molecule has 0 saturated carbocycles. The van der Waals surface area contributed by atoms with E-state index in [1.165, 1.54) is 57.4 Å². The van der Waals surface area contributed by atoms with E-state index in [2.05, 4.69) is 17.6 Å². The van der Waals surface area contributed by atoms with Crippen molar-refractivity contribution in [2.75, 3.05) is 26.4 Å². The number of rotatable bonds is 30. The van der Waals surface area contributed by atoms with Crippen molar-refractivity contribution >= 4 is 18.3 Å². The second kappa shape index (κ2) is 28.7. The Morgan fingerprint density at radius 2 is 1.40 bits per heavy atom. The van der Waals surface area contributed by atoms with Crippen molar-refractivity contribution in [2.24, 2.45) is 0 Å². The van der Waals surface area contributed by atoms with E-state index in [1.807, 2.05) is 0 Å². The van der Waals surface area contributed by atoms with Gasteiger partial charge in [0.1, 0.15) is 67.1 Å². The van der Waals surface area contributed by atoms with E-state index < -0.39 is 155 Å². The van der Waals surface area contributed by atoms with E-state index in [0.29, 0.717) is 12.8 Å². The highest BCUT2D eigenvalue weighted by atomic mass is 16.8. The highest BCUT2D eigenvalue weighted by Gasteiger charge is 2.60. The number of ether oxygens (including phenoxy) is 6. The molecule has 0 aromatic rings. The van der Waals surface area contributed by atoms with Gasteiger partial charge in [0.25, 0.3) is 5.79 Å². The van der Waals surface area contributed by atoms with Gasteiger partial charge < -0.3 is 100 Å². The van der Waals surface area contributed by atoms with Crippen LogP contribution < -0.4 is 10.6 Å². The molecule has 0 aliphatic carbocycles. The molecule has 2 amide bonds. The van der Waals surface area contributed by atoms with Crippen LogP contribution in [0.4, 0.5) is 0 Å². The number of amides is 2. The van der Waals surface area contributed by atoms with Crippen LogP contribution in [0.2, 0.25) is 0 Å². The zero-order valence-corrected chi connectivity index (χ0v) is 37.1. The van der Waals surface area contributed by atoms with Crippen LogP contribution in [-0.4, -0.2) is 216 Å². The number of hydrogen-bond donors (Lipinski definition) is 14. The summed E-state index contributed by atoms with van der Waals surface area (Å²) in [6.45, 7) is -0.180. The lowest BCUT2D eigenvalue weighted by Crippen LogP contribution is -2.70. The Balaban J connectivity index is 1.66. The topological polar surface area (TPSA) is 373 Å². The molecule has 23 heteroatoms. The Morgan fingerprint density at radius 1 is 0.800 bits per heavy atom. The Labute approximate surface area is 378 Å². The average molecular weight is 943 g/mol. The molecule has 0 spiro atoms. The molecule has 378 valence electrons. The number of hydrogen-bond acceptors (Lipinski definition) is 20. The number of carbonyl (C=O) groups excluding carboxylic acids is 2. The smallest absolute Gasteiger partial charge is 0.364 e. The van der Waals surface area contributed by atoms with Crippen molar-refractivity contribution in [3.63, 3.8) is 0 Å². The molecular formula is C42H74N2O21. The van der Waals surface area contributed by atoms with Crippen LogP contribution in [0.1, 0.15) is 97.3 Å². The third-order valence-corrected chi connectivity index (χ3v) is 11.9. The molecule has 0 aromatic carbocycles. The fourth-order valence-corrected chi connectivity index (χ4v) is 8.11. The summed E-state index contributed by atoms with van der Waals surface area (Å²) in [5, 5.41) is 132. The average Bonchev–Trinajstić information content (AvgIpc) is 3.28. The van der Waals surface area contributed by atoms with E-state index in [-0.39, 0.29) is 0 Å². The Kier molecular flexibility index (Phi) is 25.1. The van der Waals surface area contributed by atoms with Crippen LogP contribution in [0.5, 0.6) is 0 Å². The zero-order chi connectivity index (χ0) is 48.3. The molecule has 3 aliphatic heterocycles. The maximum Gasteiger partial charge on any atom is 0.364 e.